The maximum atomic E-state index is 12.2. The van der Waals surface area contributed by atoms with E-state index in [0.29, 0.717) is 35.8 Å². The van der Waals surface area contributed by atoms with Crippen LogP contribution in [0.15, 0.2) is 41.1 Å². The maximum absolute atomic E-state index is 12.2. The third-order valence-electron chi connectivity index (χ3n) is 5.05. The van der Waals surface area contributed by atoms with Crippen LogP contribution in [-0.2, 0) is 4.74 Å². The average molecular weight is 424 g/mol. The summed E-state index contributed by atoms with van der Waals surface area (Å²) < 4.78 is 15.9. The number of cyclic esters (lactones) is 1. The van der Waals surface area contributed by atoms with Gasteiger partial charge in [-0.25, -0.2) is 9.78 Å². The smallest absolute Gasteiger partial charge is 0.415 e. The topological polar surface area (TPSA) is 116 Å². The van der Waals surface area contributed by atoms with Crippen LogP contribution in [-0.4, -0.2) is 46.0 Å². The summed E-state index contributed by atoms with van der Waals surface area (Å²) in [5.74, 6) is 2.59. The predicted octanol–water partition coefficient (Wildman–Crippen LogP) is 3.69. The van der Waals surface area contributed by atoms with Gasteiger partial charge in [-0.3, -0.25) is 4.90 Å². The van der Waals surface area contributed by atoms with Crippen LogP contribution in [0.5, 0.6) is 5.75 Å². The van der Waals surface area contributed by atoms with Crippen molar-refractivity contribution in [1.82, 2.24) is 20.1 Å². The Hall–Kier alpha value is -3.69. The van der Waals surface area contributed by atoms with Gasteiger partial charge in [0.25, 0.3) is 0 Å². The lowest BCUT2D eigenvalue weighted by atomic mass is 10.0. The molecule has 1 fully saturated rings. The van der Waals surface area contributed by atoms with Crippen LogP contribution in [0.1, 0.15) is 32.7 Å². The van der Waals surface area contributed by atoms with Crippen molar-refractivity contribution in [3.8, 4) is 17.1 Å². The zero-order valence-corrected chi connectivity index (χ0v) is 17.8. The second kappa shape index (κ2) is 8.58. The van der Waals surface area contributed by atoms with E-state index in [-0.39, 0.29) is 18.0 Å². The number of carbonyl (C=O) groups is 1. The van der Waals surface area contributed by atoms with Crippen LogP contribution in [0, 0.1) is 5.92 Å². The van der Waals surface area contributed by atoms with Crippen LogP contribution in [0.25, 0.3) is 11.4 Å². The molecule has 0 bridgehead atoms. The van der Waals surface area contributed by atoms with E-state index < -0.39 is 6.09 Å². The molecule has 0 aliphatic carbocycles. The third-order valence-corrected chi connectivity index (χ3v) is 5.05. The highest BCUT2D eigenvalue weighted by atomic mass is 16.6. The lowest BCUT2D eigenvalue weighted by Crippen LogP contribution is -2.37. The van der Waals surface area contributed by atoms with Crippen molar-refractivity contribution < 1.29 is 18.8 Å². The maximum Gasteiger partial charge on any atom is 0.415 e. The molecule has 10 nitrogen and oxygen atoms in total. The number of nitrogens with one attached hydrogen (secondary N) is 1. The van der Waals surface area contributed by atoms with Gasteiger partial charge in [-0.05, 0) is 31.0 Å². The van der Waals surface area contributed by atoms with E-state index in [2.05, 4.69) is 25.4 Å². The van der Waals surface area contributed by atoms with E-state index in [1.807, 2.05) is 45.0 Å². The molecule has 1 unspecified atom stereocenters. The zero-order valence-electron chi connectivity index (χ0n) is 17.8. The first-order chi connectivity index (χ1) is 15.0. The third kappa shape index (κ3) is 4.27. The number of amides is 1. The van der Waals surface area contributed by atoms with E-state index in [1.54, 1.807) is 24.3 Å². The van der Waals surface area contributed by atoms with E-state index >= 15 is 0 Å². The molecule has 0 saturated carbocycles. The highest BCUT2D eigenvalue weighted by Crippen LogP contribution is 2.27. The first-order valence-electron chi connectivity index (χ1n) is 10.00. The number of anilines is 2. The van der Waals surface area contributed by atoms with Crippen LogP contribution < -0.4 is 15.0 Å². The molecule has 3 aromatic rings. The van der Waals surface area contributed by atoms with Gasteiger partial charge in [-0.2, -0.15) is 9.97 Å². The molecule has 1 saturated heterocycles. The van der Waals surface area contributed by atoms with Gasteiger partial charge in [-0.15, -0.1) is 0 Å². The molecular weight excluding hydrogens is 400 g/mol. The summed E-state index contributed by atoms with van der Waals surface area (Å²) in [6.45, 7) is 6.28. The Labute approximate surface area is 179 Å². The molecule has 0 radical (unpaired) electrons. The molecule has 31 heavy (non-hydrogen) atoms. The molecule has 2 aromatic heterocycles. The minimum absolute atomic E-state index is 0.0750. The molecule has 1 amide bonds. The fraction of sp³-hybridized carbons (Fsp3) is 0.381. The van der Waals surface area contributed by atoms with Gasteiger partial charge in [0.1, 0.15) is 24.2 Å². The summed E-state index contributed by atoms with van der Waals surface area (Å²) in [5, 5.41) is 7.20. The van der Waals surface area contributed by atoms with Crippen LogP contribution in [0.2, 0.25) is 0 Å². The molecular formula is C21H24N6O4. The Morgan fingerprint density at radius 3 is 2.84 bits per heavy atom. The quantitative estimate of drug-likeness (QED) is 0.606. The lowest BCUT2D eigenvalue weighted by molar-refractivity contribution is 0.177. The number of benzene rings is 1. The summed E-state index contributed by atoms with van der Waals surface area (Å²) >= 11 is 0. The second-order valence-corrected chi connectivity index (χ2v) is 7.55. The number of hydrogen-bond acceptors (Lipinski definition) is 9. The minimum atomic E-state index is -0.406. The fourth-order valence-corrected chi connectivity index (χ4v) is 3.29. The zero-order chi connectivity index (χ0) is 22.0. The molecule has 10 heteroatoms. The van der Waals surface area contributed by atoms with Gasteiger partial charge in [0.15, 0.2) is 0 Å². The van der Waals surface area contributed by atoms with Crippen molar-refractivity contribution in [2.24, 2.45) is 5.92 Å². The Morgan fingerprint density at radius 1 is 1.23 bits per heavy atom. The molecule has 162 valence electrons. The van der Waals surface area contributed by atoms with Gasteiger partial charge in [-0.1, -0.05) is 31.1 Å². The number of ether oxygens (including phenoxy) is 2. The first kappa shape index (κ1) is 20.6. The summed E-state index contributed by atoms with van der Waals surface area (Å²) in [6, 6.07) is 8.67. The lowest BCUT2D eigenvalue weighted by Gasteiger charge is -2.23. The standard InChI is InChI=1S/C21H24N6O4/c1-12(2)16-11-30-21(28)27(16)17-8-9-22-20(24-17)23-13(3)19-25-18(26-31-19)14-6-5-7-15(10-14)29-4/h5-10,12-13,16H,11H2,1-4H3,(H,22,23,24)/t13-,16?/m1/s1. The van der Waals surface area contributed by atoms with Crippen LogP contribution in [0.4, 0.5) is 16.6 Å². The summed E-state index contributed by atoms with van der Waals surface area (Å²) in [7, 11) is 1.60. The van der Waals surface area contributed by atoms with Gasteiger partial charge in [0.05, 0.1) is 13.2 Å². The van der Waals surface area contributed by atoms with Crippen molar-refractivity contribution in [1.29, 1.82) is 0 Å². The van der Waals surface area contributed by atoms with Crippen molar-refractivity contribution in [3.63, 3.8) is 0 Å². The van der Waals surface area contributed by atoms with Crippen molar-refractivity contribution in [2.45, 2.75) is 32.9 Å². The van der Waals surface area contributed by atoms with Crippen LogP contribution >= 0.6 is 0 Å². The number of carbonyl (C=O) groups excluding carboxylic acids is 1. The highest BCUT2D eigenvalue weighted by Gasteiger charge is 2.37. The van der Waals surface area contributed by atoms with E-state index in [9.17, 15) is 4.79 Å². The van der Waals surface area contributed by atoms with E-state index in [1.165, 1.54) is 0 Å². The Balaban J connectivity index is 1.51. The van der Waals surface area contributed by atoms with Crippen molar-refractivity contribution in [2.75, 3.05) is 23.9 Å². The van der Waals surface area contributed by atoms with E-state index in [0.717, 1.165) is 5.56 Å². The number of nitrogens with zero attached hydrogens (tertiary/aromatic N) is 5. The minimum Gasteiger partial charge on any atom is -0.497 e. The Morgan fingerprint density at radius 2 is 2.06 bits per heavy atom. The molecule has 4 rings (SSSR count). The monoisotopic (exact) mass is 424 g/mol. The van der Waals surface area contributed by atoms with Gasteiger partial charge in [0.2, 0.25) is 17.7 Å². The molecule has 1 aliphatic rings. The predicted molar refractivity (Wildman–Crippen MR) is 113 cm³/mol. The molecule has 1 aromatic carbocycles. The van der Waals surface area contributed by atoms with Gasteiger partial charge in [0, 0.05) is 11.8 Å². The summed E-state index contributed by atoms with van der Waals surface area (Å²) in [6.07, 6.45) is 1.19. The second-order valence-electron chi connectivity index (χ2n) is 7.55. The number of aromatic nitrogens is 4. The molecule has 0 spiro atoms. The fourth-order valence-electron chi connectivity index (χ4n) is 3.29. The summed E-state index contributed by atoms with van der Waals surface area (Å²) in [4.78, 5) is 27.0. The van der Waals surface area contributed by atoms with Crippen LogP contribution in [0.3, 0.4) is 0 Å². The number of hydrogen-bond donors (Lipinski definition) is 1. The number of methoxy groups -OCH3 is 1. The molecule has 1 N–H and O–H groups in total. The SMILES string of the molecule is COc1cccc(-c2noc([C@@H](C)Nc3nccc(N4C(=O)OCC4C(C)C)n3)n2)c1. The Kier molecular flexibility index (Phi) is 5.70. The molecule has 3 heterocycles. The average Bonchev–Trinajstić information content (AvgIpc) is 3.41. The van der Waals surface area contributed by atoms with Gasteiger partial charge >= 0.3 is 6.09 Å². The largest absolute Gasteiger partial charge is 0.497 e. The molecule has 1 aliphatic heterocycles. The number of rotatable bonds is 7. The normalized spacial score (nSPS) is 17.0. The van der Waals surface area contributed by atoms with Crippen molar-refractivity contribution in [3.05, 3.63) is 42.4 Å². The van der Waals surface area contributed by atoms with Gasteiger partial charge < -0.3 is 19.3 Å². The Bertz CT molecular complexity index is 1070. The summed E-state index contributed by atoms with van der Waals surface area (Å²) in [5.41, 5.74) is 0.784. The van der Waals surface area contributed by atoms with Crippen molar-refractivity contribution >= 4 is 17.9 Å². The first-order valence-corrected chi connectivity index (χ1v) is 10.00. The highest BCUT2D eigenvalue weighted by molar-refractivity contribution is 5.89. The molecule has 2 atom stereocenters. The van der Waals surface area contributed by atoms with E-state index in [4.69, 9.17) is 14.0 Å².